The van der Waals surface area contributed by atoms with Gasteiger partial charge in [-0.1, -0.05) is 32.2 Å². The standard InChI is InChI=1S/C15H16O4/c1-4-11(3)19-15(17)13-8-6-7-9-14(13)18-10-12(16)5-2/h4,6-9H,1,3,5,10H2,2H3. The molecule has 1 rings (SSSR count). The van der Waals surface area contributed by atoms with Crippen molar-refractivity contribution >= 4 is 11.8 Å². The number of Topliss-reactive ketones (excluding diaryl/α,β-unsaturated/α-hetero) is 1. The summed E-state index contributed by atoms with van der Waals surface area (Å²) in [5, 5.41) is 0. The Bertz CT molecular complexity index is 503. The average Bonchev–Trinajstić information content (AvgIpc) is 2.44. The van der Waals surface area contributed by atoms with E-state index in [4.69, 9.17) is 9.47 Å². The van der Waals surface area contributed by atoms with E-state index in [0.717, 1.165) is 0 Å². The van der Waals surface area contributed by atoms with Gasteiger partial charge in [0.2, 0.25) is 0 Å². The average molecular weight is 260 g/mol. The molecular weight excluding hydrogens is 244 g/mol. The van der Waals surface area contributed by atoms with Gasteiger partial charge in [-0.2, -0.15) is 0 Å². The Kier molecular flexibility index (Phi) is 5.54. The van der Waals surface area contributed by atoms with Crippen LogP contribution in [0.4, 0.5) is 0 Å². The summed E-state index contributed by atoms with van der Waals surface area (Å²) in [5.41, 5.74) is 0.245. The molecule has 0 saturated carbocycles. The Morgan fingerprint density at radius 3 is 2.63 bits per heavy atom. The van der Waals surface area contributed by atoms with Crippen LogP contribution in [0, 0.1) is 0 Å². The van der Waals surface area contributed by atoms with Crippen molar-refractivity contribution in [1.82, 2.24) is 0 Å². The number of allylic oxidation sites excluding steroid dienone is 1. The Hall–Kier alpha value is -2.36. The molecule has 0 atom stereocenters. The van der Waals surface area contributed by atoms with Crippen LogP contribution in [0.2, 0.25) is 0 Å². The number of hydrogen-bond donors (Lipinski definition) is 0. The molecule has 100 valence electrons. The van der Waals surface area contributed by atoms with E-state index < -0.39 is 5.97 Å². The molecule has 0 aromatic heterocycles. The lowest BCUT2D eigenvalue weighted by molar-refractivity contribution is -0.120. The third kappa shape index (κ3) is 4.43. The normalized spacial score (nSPS) is 9.53. The number of esters is 1. The Balaban J connectivity index is 2.83. The van der Waals surface area contributed by atoms with Gasteiger partial charge in [-0.25, -0.2) is 4.79 Å². The molecule has 1 aromatic rings. The van der Waals surface area contributed by atoms with Crippen LogP contribution in [0.5, 0.6) is 5.75 Å². The number of carbonyl (C=O) groups is 2. The topological polar surface area (TPSA) is 52.6 Å². The maximum absolute atomic E-state index is 11.9. The van der Waals surface area contributed by atoms with E-state index >= 15 is 0 Å². The van der Waals surface area contributed by atoms with Crippen molar-refractivity contribution in [3.63, 3.8) is 0 Å². The number of para-hydroxylation sites is 1. The van der Waals surface area contributed by atoms with Crippen LogP contribution >= 0.6 is 0 Å². The van der Waals surface area contributed by atoms with E-state index in [-0.39, 0.29) is 23.7 Å². The van der Waals surface area contributed by atoms with E-state index in [1.165, 1.54) is 6.08 Å². The molecule has 0 radical (unpaired) electrons. The van der Waals surface area contributed by atoms with Gasteiger partial charge in [0.15, 0.2) is 5.78 Å². The van der Waals surface area contributed by atoms with Crippen molar-refractivity contribution in [3.8, 4) is 5.75 Å². The van der Waals surface area contributed by atoms with Crippen LogP contribution < -0.4 is 4.74 Å². The van der Waals surface area contributed by atoms with E-state index in [9.17, 15) is 9.59 Å². The zero-order chi connectivity index (χ0) is 14.3. The van der Waals surface area contributed by atoms with Gasteiger partial charge in [-0.05, 0) is 18.2 Å². The SMILES string of the molecule is C=CC(=C)OC(=O)c1ccccc1OCC(=O)CC. The molecule has 0 aliphatic carbocycles. The fourth-order valence-electron chi connectivity index (χ4n) is 1.24. The minimum Gasteiger partial charge on any atom is -0.485 e. The van der Waals surface area contributed by atoms with Crippen molar-refractivity contribution in [2.45, 2.75) is 13.3 Å². The third-order valence-electron chi connectivity index (χ3n) is 2.34. The molecule has 1 aromatic carbocycles. The predicted octanol–water partition coefficient (Wildman–Crippen LogP) is 2.90. The fourth-order valence-corrected chi connectivity index (χ4v) is 1.24. The molecule has 0 N–H and O–H groups in total. The Morgan fingerprint density at radius 2 is 2.00 bits per heavy atom. The molecule has 0 aliphatic rings. The van der Waals surface area contributed by atoms with Crippen LogP contribution in [0.3, 0.4) is 0 Å². The summed E-state index contributed by atoms with van der Waals surface area (Å²) >= 11 is 0. The zero-order valence-electron chi connectivity index (χ0n) is 10.8. The second kappa shape index (κ2) is 7.16. The van der Waals surface area contributed by atoms with Crippen LogP contribution in [-0.2, 0) is 9.53 Å². The third-order valence-corrected chi connectivity index (χ3v) is 2.34. The van der Waals surface area contributed by atoms with Crippen molar-refractivity contribution in [2.75, 3.05) is 6.61 Å². The van der Waals surface area contributed by atoms with E-state index in [1.807, 2.05) is 0 Å². The maximum Gasteiger partial charge on any atom is 0.347 e. The highest BCUT2D eigenvalue weighted by Gasteiger charge is 2.14. The van der Waals surface area contributed by atoms with Crippen LogP contribution in [-0.4, -0.2) is 18.4 Å². The van der Waals surface area contributed by atoms with Crippen molar-refractivity contribution in [1.29, 1.82) is 0 Å². The fraction of sp³-hybridized carbons (Fsp3) is 0.200. The second-order valence-electron chi connectivity index (χ2n) is 3.74. The molecule has 0 heterocycles. The van der Waals surface area contributed by atoms with E-state index in [1.54, 1.807) is 31.2 Å². The maximum atomic E-state index is 11.9. The molecule has 0 spiro atoms. The molecule has 0 saturated heterocycles. The van der Waals surface area contributed by atoms with Gasteiger partial charge in [0.1, 0.15) is 23.7 Å². The molecule has 0 unspecified atom stereocenters. The summed E-state index contributed by atoms with van der Waals surface area (Å²) in [6.45, 7) is 8.63. The molecule has 19 heavy (non-hydrogen) atoms. The molecule has 0 amide bonds. The first kappa shape index (κ1) is 14.7. The quantitative estimate of drug-likeness (QED) is 0.429. The van der Waals surface area contributed by atoms with Gasteiger partial charge in [-0.15, -0.1) is 0 Å². The van der Waals surface area contributed by atoms with E-state index in [2.05, 4.69) is 13.2 Å². The minimum absolute atomic E-state index is 0.0429. The molecule has 0 bridgehead atoms. The highest BCUT2D eigenvalue weighted by molar-refractivity contribution is 5.93. The number of ketones is 1. The number of hydrogen-bond acceptors (Lipinski definition) is 4. The summed E-state index contributed by atoms with van der Waals surface area (Å²) in [4.78, 5) is 23.1. The van der Waals surface area contributed by atoms with Crippen LogP contribution in [0.25, 0.3) is 0 Å². The van der Waals surface area contributed by atoms with Gasteiger partial charge >= 0.3 is 5.97 Å². The summed E-state index contributed by atoms with van der Waals surface area (Å²) in [7, 11) is 0. The summed E-state index contributed by atoms with van der Waals surface area (Å²) < 4.78 is 10.3. The first-order chi connectivity index (χ1) is 9.08. The first-order valence-corrected chi connectivity index (χ1v) is 5.85. The van der Waals surface area contributed by atoms with Gasteiger partial charge < -0.3 is 9.47 Å². The Morgan fingerprint density at radius 1 is 1.32 bits per heavy atom. The van der Waals surface area contributed by atoms with Crippen LogP contribution in [0.1, 0.15) is 23.7 Å². The number of ether oxygens (including phenoxy) is 2. The highest BCUT2D eigenvalue weighted by atomic mass is 16.5. The largest absolute Gasteiger partial charge is 0.485 e. The second-order valence-corrected chi connectivity index (χ2v) is 3.74. The summed E-state index contributed by atoms with van der Waals surface area (Å²) in [6, 6.07) is 6.56. The van der Waals surface area contributed by atoms with Gasteiger partial charge in [0, 0.05) is 6.42 Å². The number of benzene rings is 1. The first-order valence-electron chi connectivity index (χ1n) is 5.85. The lowest BCUT2D eigenvalue weighted by Gasteiger charge is -2.10. The van der Waals surface area contributed by atoms with Gasteiger partial charge in [-0.3, -0.25) is 4.79 Å². The molecule has 4 nitrogen and oxygen atoms in total. The Labute approximate surface area is 112 Å². The number of carbonyl (C=O) groups excluding carboxylic acids is 2. The zero-order valence-corrected chi connectivity index (χ0v) is 10.8. The predicted molar refractivity (Wildman–Crippen MR) is 72.0 cm³/mol. The summed E-state index contributed by atoms with van der Waals surface area (Å²) in [5.74, 6) is -0.168. The van der Waals surface area contributed by atoms with E-state index in [0.29, 0.717) is 12.2 Å². The molecular formula is C15H16O4. The highest BCUT2D eigenvalue weighted by Crippen LogP contribution is 2.20. The molecule has 0 fully saturated rings. The van der Waals surface area contributed by atoms with Crippen LogP contribution in [0.15, 0.2) is 49.3 Å². The monoisotopic (exact) mass is 260 g/mol. The van der Waals surface area contributed by atoms with Crippen molar-refractivity contribution in [3.05, 3.63) is 54.8 Å². The lowest BCUT2D eigenvalue weighted by Crippen LogP contribution is -2.12. The number of rotatable bonds is 7. The smallest absolute Gasteiger partial charge is 0.347 e. The molecule has 4 heteroatoms. The lowest BCUT2D eigenvalue weighted by atomic mass is 10.2. The molecule has 0 aliphatic heterocycles. The summed E-state index contributed by atoms with van der Waals surface area (Å²) in [6.07, 6.45) is 1.72. The van der Waals surface area contributed by atoms with Crippen molar-refractivity contribution < 1.29 is 19.1 Å². The van der Waals surface area contributed by atoms with Crippen molar-refractivity contribution in [2.24, 2.45) is 0 Å². The van der Waals surface area contributed by atoms with Gasteiger partial charge in [0.25, 0.3) is 0 Å². The minimum atomic E-state index is -0.593. The van der Waals surface area contributed by atoms with Gasteiger partial charge in [0.05, 0.1) is 0 Å².